The van der Waals surface area contributed by atoms with Crippen LogP contribution in [0.4, 0.5) is 4.39 Å². The molecule has 1 aliphatic rings. The van der Waals surface area contributed by atoms with Crippen LogP contribution < -0.4 is 0 Å². The summed E-state index contributed by atoms with van der Waals surface area (Å²) < 4.78 is 12.7. The summed E-state index contributed by atoms with van der Waals surface area (Å²) in [5.74, 6) is 0. The van der Waals surface area contributed by atoms with Gasteiger partial charge in [0.2, 0.25) is 0 Å². The summed E-state index contributed by atoms with van der Waals surface area (Å²) in [7, 11) is 0. The molecule has 1 nitrogen and oxygen atoms in total. The Bertz CT molecular complexity index is 116. The van der Waals surface area contributed by atoms with E-state index in [1.165, 1.54) is 25.7 Å². The topological polar surface area (TPSA) is 3.24 Å². The van der Waals surface area contributed by atoms with E-state index in [9.17, 15) is 4.39 Å². The maximum atomic E-state index is 12.7. The first kappa shape index (κ1) is 9.97. The number of alkyl halides is 1. The second kappa shape index (κ2) is 5.52. The van der Waals surface area contributed by atoms with Crippen molar-refractivity contribution in [1.29, 1.82) is 0 Å². The van der Waals surface area contributed by atoms with Gasteiger partial charge in [0.05, 0.1) is 0 Å². The average molecular weight is 173 g/mol. The van der Waals surface area contributed by atoms with E-state index < -0.39 is 6.17 Å². The fraction of sp³-hybridized carbons (Fsp3) is 1.00. The van der Waals surface area contributed by atoms with Crippen LogP contribution in [0.5, 0.6) is 0 Å². The van der Waals surface area contributed by atoms with Crippen molar-refractivity contribution < 1.29 is 4.39 Å². The van der Waals surface area contributed by atoms with Crippen molar-refractivity contribution in [2.24, 2.45) is 0 Å². The first-order valence-corrected chi connectivity index (χ1v) is 5.19. The normalized spacial score (nSPS) is 25.0. The highest BCUT2D eigenvalue weighted by atomic mass is 19.1. The Morgan fingerprint density at radius 3 is 2.75 bits per heavy atom. The van der Waals surface area contributed by atoms with E-state index in [0.717, 1.165) is 19.5 Å². The highest BCUT2D eigenvalue weighted by molar-refractivity contribution is 4.74. The largest absolute Gasteiger partial charge is 0.300 e. The van der Waals surface area contributed by atoms with Crippen LogP contribution in [0.1, 0.15) is 39.0 Å². The minimum absolute atomic E-state index is 0.545. The first-order valence-electron chi connectivity index (χ1n) is 5.19. The number of nitrogens with zero attached hydrogens (tertiary/aromatic N) is 1. The van der Waals surface area contributed by atoms with Crippen molar-refractivity contribution in [1.82, 2.24) is 4.90 Å². The Morgan fingerprint density at radius 2 is 2.17 bits per heavy atom. The maximum Gasteiger partial charge on any atom is 0.114 e. The van der Waals surface area contributed by atoms with Gasteiger partial charge in [0, 0.05) is 13.1 Å². The summed E-state index contributed by atoms with van der Waals surface area (Å²) in [6, 6.07) is 0. The lowest BCUT2D eigenvalue weighted by Crippen LogP contribution is -2.22. The Labute approximate surface area is 74.9 Å². The third-order valence-corrected chi connectivity index (χ3v) is 2.54. The summed E-state index contributed by atoms with van der Waals surface area (Å²) in [5.41, 5.74) is 0. The van der Waals surface area contributed by atoms with E-state index in [0.29, 0.717) is 6.54 Å². The van der Waals surface area contributed by atoms with Crippen LogP contribution >= 0.6 is 0 Å². The molecular formula is C10H20FN. The number of hydrogen-bond acceptors (Lipinski definition) is 1. The molecule has 2 heteroatoms. The van der Waals surface area contributed by atoms with E-state index in [1.54, 1.807) is 0 Å². The molecule has 1 heterocycles. The number of halogens is 1. The molecule has 12 heavy (non-hydrogen) atoms. The van der Waals surface area contributed by atoms with Gasteiger partial charge in [-0.05, 0) is 19.4 Å². The third kappa shape index (κ3) is 3.53. The summed E-state index contributed by atoms with van der Waals surface area (Å²) in [5, 5.41) is 0. The van der Waals surface area contributed by atoms with Crippen molar-refractivity contribution in [3.8, 4) is 0 Å². The van der Waals surface area contributed by atoms with Gasteiger partial charge < -0.3 is 4.90 Å². The van der Waals surface area contributed by atoms with Gasteiger partial charge in [-0.3, -0.25) is 0 Å². The zero-order valence-electron chi connectivity index (χ0n) is 8.06. The van der Waals surface area contributed by atoms with Gasteiger partial charge in [-0.1, -0.05) is 26.2 Å². The number of unbranched alkanes of at least 4 members (excludes halogenated alkanes) is 3. The van der Waals surface area contributed by atoms with Crippen LogP contribution in [0.15, 0.2) is 0 Å². The fourth-order valence-corrected chi connectivity index (χ4v) is 1.75. The molecule has 0 bridgehead atoms. The molecule has 0 spiro atoms. The van der Waals surface area contributed by atoms with Crippen molar-refractivity contribution in [3.63, 3.8) is 0 Å². The third-order valence-electron chi connectivity index (χ3n) is 2.54. The van der Waals surface area contributed by atoms with Crippen molar-refractivity contribution in [2.75, 3.05) is 19.6 Å². The van der Waals surface area contributed by atoms with Gasteiger partial charge in [0.25, 0.3) is 0 Å². The van der Waals surface area contributed by atoms with Crippen LogP contribution in [0.3, 0.4) is 0 Å². The van der Waals surface area contributed by atoms with Crippen molar-refractivity contribution >= 4 is 0 Å². The Balaban J connectivity index is 1.93. The predicted molar refractivity (Wildman–Crippen MR) is 50.1 cm³/mol. The quantitative estimate of drug-likeness (QED) is 0.578. The van der Waals surface area contributed by atoms with E-state index in [-0.39, 0.29) is 0 Å². The van der Waals surface area contributed by atoms with E-state index in [2.05, 4.69) is 11.8 Å². The zero-order chi connectivity index (χ0) is 8.81. The summed E-state index contributed by atoms with van der Waals surface area (Å²) in [4.78, 5) is 2.25. The van der Waals surface area contributed by atoms with Crippen LogP contribution in [0.2, 0.25) is 0 Å². The monoisotopic (exact) mass is 173 g/mol. The standard InChI is InChI=1S/C10H20FN/c1-2-3-4-5-7-12-8-6-10(11)9-12/h10H,2-9H2,1H3/t10-/m1/s1. The Hall–Kier alpha value is -0.110. The molecule has 1 aliphatic heterocycles. The molecule has 72 valence electrons. The zero-order valence-corrected chi connectivity index (χ0v) is 8.06. The molecular weight excluding hydrogens is 153 g/mol. The lowest BCUT2D eigenvalue weighted by molar-refractivity contribution is 0.283. The van der Waals surface area contributed by atoms with Gasteiger partial charge >= 0.3 is 0 Å². The lowest BCUT2D eigenvalue weighted by Gasteiger charge is -2.13. The second-order valence-corrected chi connectivity index (χ2v) is 3.75. The molecule has 0 aromatic carbocycles. The minimum atomic E-state index is -0.545. The Morgan fingerprint density at radius 1 is 1.33 bits per heavy atom. The van der Waals surface area contributed by atoms with E-state index in [4.69, 9.17) is 0 Å². The molecule has 1 fully saturated rings. The van der Waals surface area contributed by atoms with Crippen molar-refractivity contribution in [2.45, 2.75) is 45.2 Å². The molecule has 0 aliphatic carbocycles. The second-order valence-electron chi connectivity index (χ2n) is 3.75. The van der Waals surface area contributed by atoms with Gasteiger partial charge in [-0.25, -0.2) is 4.39 Å². The molecule has 0 radical (unpaired) electrons. The smallest absolute Gasteiger partial charge is 0.114 e. The molecule has 0 aromatic rings. The fourth-order valence-electron chi connectivity index (χ4n) is 1.75. The molecule has 0 unspecified atom stereocenters. The van der Waals surface area contributed by atoms with E-state index >= 15 is 0 Å². The number of rotatable bonds is 5. The van der Waals surface area contributed by atoms with Gasteiger partial charge in [0.15, 0.2) is 0 Å². The summed E-state index contributed by atoms with van der Waals surface area (Å²) >= 11 is 0. The van der Waals surface area contributed by atoms with Gasteiger partial charge in [0.1, 0.15) is 6.17 Å². The van der Waals surface area contributed by atoms with Gasteiger partial charge in [-0.15, -0.1) is 0 Å². The van der Waals surface area contributed by atoms with Crippen LogP contribution in [-0.2, 0) is 0 Å². The number of hydrogen-bond donors (Lipinski definition) is 0. The molecule has 0 N–H and O–H groups in total. The van der Waals surface area contributed by atoms with Crippen LogP contribution in [0, 0.1) is 0 Å². The molecule has 0 aromatic heterocycles. The first-order chi connectivity index (χ1) is 5.83. The molecule has 0 saturated carbocycles. The van der Waals surface area contributed by atoms with Crippen LogP contribution in [0.25, 0.3) is 0 Å². The molecule has 0 amide bonds. The molecule has 1 rings (SSSR count). The minimum Gasteiger partial charge on any atom is -0.300 e. The highest BCUT2D eigenvalue weighted by Crippen LogP contribution is 2.13. The summed E-state index contributed by atoms with van der Waals surface area (Å²) in [6.07, 6.45) is 5.38. The molecule has 1 saturated heterocycles. The van der Waals surface area contributed by atoms with Crippen LogP contribution in [-0.4, -0.2) is 30.7 Å². The van der Waals surface area contributed by atoms with Crippen molar-refractivity contribution in [3.05, 3.63) is 0 Å². The molecule has 1 atom stereocenters. The predicted octanol–water partition coefficient (Wildman–Crippen LogP) is 2.61. The number of likely N-dealkylation sites (tertiary alicyclic amines) is 1. The lowest BCUT2D eigenvalue weighted by atomic mass is 10.2. The van der Waals surface area contributed by atoms with E-state index in [1.807, 2.05) is 0 Å². The maximum absolute atomic E-state index is 12.7. The highest BCUT2D eigenvalue weighted by Gasteiger charge is 2.20. The summed E-state index contributed by atoms with van der Waals surface area (Å²) in [6.45, 7) is 4.99. The SMILES string of the molecule is CCCCCCN1CC[C@@H](F)C1. The van der Waals surface area contributed by atoms with Gasteiger partial charge in [-0.2, -0.15) is 0 Å². The average Bonchev–Trinajstić information content (AvgIpc) is 2.45. The Kier molecular flexibility index (Phi) is 4.59.